The Kier molecular flexibility index (Phi) is 11.8. The predicted octanol–water partition coefficient (Wildman–Crippen LogP) is 6.66. The van der Waals surface area contributed by atoms with Crippen molar-refractivity contribution in [2.24, 2.45) is 0 Å². The number of carbonyl (C=O) groups excluding carboxylic acids is 2. The van der Waals surface area contributed by atoms with E-state index in [1.807, 2.05) is 22.8 Å². The first-order chi connectivity index (χ1) is 22.2. The van der Waals surface area contributed by atoms with Crippen molar-refractivity contribution in [1.29, 1.82) is 0 Å². The van der Waals surface area contributed by atoms with Crippen molar-refractivity contribution in [1.82, 2.24) is 9.80 Å². The fraction of sp³-hybridized carbons (Fsp3) is 0.611. The molecule has 0 aromatic heterocycles. The molecule has 10 nitrogen and oxygen atoms in total. The Morgan fingerprint density at radius 3 is 1.87 bits per heavy atom. The second kappa shape index (κ2) is 15.2. The molecule has 2 aromatic carbocycles. The molecule has 0 radical (unpaired) electrons. The van der Waals surface area contributed by atoms with Gasteiger partial charge in [-0.25, -0.2) is 0 Å². The first-order valence-electron chi connectivity index (χ1n) is 17.1. The van der Waals surface area contributed by atoms with E-state index in [0.29, 0.717) is 72.2 Å². The molecule has 0 bridgehead atoms. The lowest BCUT2D eigenvalue weighted by atomic mass is 9.97. The molecule has 4 N–H and O–H groups in total. The standard InChI is InChI=1S/C36H56N4O6Si/c1-9-25-13-15-39(25)34(41)27-19-24(2)31(21-29(27)37)44-17-11-10-12-18-45-33-22-30(38)28(20-32(33)43-6)35(42)40-16-14-26(40)23-46-47(7,8)36(3,4)5/h19-22,25-26H,9-18,23,37-38H2,1-8H3/t25-,26+/m1/s1. The minimum absolute atomic E-state index is 0.00209. The molecule has 2 aliphatic rings. The number of methoxy groups -OCH3 is 1. The number of likely N-dealkylation sites (tertiary alicyclic amines) is 2. The van der Waals surface area contributed by atoms with Crippen LogP contribution in [0.2, 0.25) is 18.1 Å². The molecule has 0 aliphatic carbocycles. The van der Waals surface area contributed by atoms with Crippen LogP contribution in [0, 0.1) is 6.92 Å². The molecule has 2 heterocycles. The summed E-state index contributed by atoms with van der Waals surface area (Å²) in [7, 11) is -0.341. The molecular weight excluding hydrogens is 613 g/mol. The maximum absolute atomic E-state index is 13.4. The zero-order valence-corrected chi connectivity index (χ0v) is 30.7. The monoisotopic (exact) mass is 668 g/mol. The lowest BCUT2D eigenvalue weighted by molar-refractivity contribution is 0.0314. The normalized spacial score (nSPS) is 18.0. The first-order valence-corrected chi connectivity index (χ1v) is 20.0. The van der Waals surface area contributed by atoms with Crippen molar-refractivity contribution in [2.45, 2.75) is 103 Å². The minimum Gasteiger partial charge on any atom is -0.493 e. The number of amides is 2. The van der Waals surface area contributed by atoms with E-state index in [-0.39, 0.29) is 22.9 Å². The number of rotatable bonds is 15. The number of anilines is 2. The SMILES string of the molecule is CC[C@@H]1CCN1C(=O)c1cc(C)c(OCCCCCOc2cc(N)c(C(=O)N3CC[C@H]3CO[Si](C)(C)C(C)(C)C)cc2OC)cc1N. The van der Waals surface area contributed by atoms with Crippen LogP contribution >= 0.6 is 0 Å². The Morgan fingerprint density at radius 2 is 1.36 bits per heavy atom. The van der Waals surface area contributed by atoms with Crippen molar-refractivity contribution in [2.75, 3.05) is 51.5 Å². The summed E-state index contributed by atoms with van der Waals surface area (Å²) in [5.41, 5.74) is 15.3. The number of hydrogen-bond donors (Lipinski definition) is 2. The second-order valence-corrected chi connectivity index (χ2v) is 19.2. The van der Waals surface area contributed by atoms with Crippen molar-refractivity contribution in [3.8, 4) is 17.2 Å². The van der Waals surface area contributed by atoms with Crippen LogP contribution < -0.4 is 25.7 Å². The Labute approximate surface area is 282 Å². The Morgan fingerprint density at radius 1 is 0.830 bits per heavy atom. The van der Waals surface area contributed by atoms with Gasteiger partial charge in [0.15, 0.2) is 19.8 Å². The Hall–Kier alpha value is -3.44. The fourth-order valence-corrected chi connectivity index (χ4v) is 6.71. The number of aryl methyl sites for hydroxylation is 1. The molecule has 2 aromatic rings. The van der Waals surface area contributed by atoms with Crippen molar-refractivity contribution in [3.05, 3.63) is 41.0 Å². The molecule has 260 valence electrons. The molecule has 2 amide bonds. The molecule has 2 saturated heterocycles. The average molecular weight is 669 g/mol. The van der Waals surface area contributed by atoms with Crippen LogP contribution in [0.3, 0.4) is 0 Å². The van der Waals surface area contributed by atoms with Gasteiger partial charge in [0.1, 0.15) is 5.75 Å². The van der Waals surface area contributed by atoms with Crippen LogP contribution in [-0.2, 0) is 4.43 Å². The molecule has 11 heteroatoms. The van der Waals surface area contributed by atoms with E-state index >= 15 is 0 Å². The van der Waals surface area contributed by atoms with Crippen LogP contribution in [0.4, 0.5) is 11.4 Å². The van der Waals surface area contributed by atoms with E-state index in [2.05, 4.69) is 40.8 Å². The van der Waals surface area contributed by atoms with Gasteiger partial charge in [0, 0.05) is 42.6 Å². The van der Waals surface area contributed by atoms with Crippen LogP contribution in [0.25, 0.3) is 0 Å². The molecule has 0 unspecified atom stereocenters. The van der Waals surface area contributed by atoms with Crippen LogP contribution in [0.5, 0.6) is 17.2 Å². The first kappa shape index (κ1) is 36.4. The van der Waals surface area contributed by atoms with Crippen LogP contribution in [0.1, 0.15) is 92.5 Å². The van der Waals surface area contributed by atoms with E-state index in [4.69, 9.17) is 30.1 Å². The molecule has 2 aliphatic heterocycles. The predicted molar refractivity (Wildman–Crippen MR) is 190 cm³/mol. The van der Waals surface area contributed by atoms with E-state index in [1.165, 1.54) is 0 Å². The summed E-state index contributed by atoms with van der Waals surface area (Å²) in [5.74, 6) is 1.59. The molecule has 0 spiro atoms. The average Bonchev–Trinajstić information content (AvgIpc) is 2.96. The topological polar surface area (TPSA) is 130 Å². The number of benzene rings is 2. The largest absolute Gasteiger partial charge is 0.493 e. The molecule has 0 saturated carbocycles. The minimum atomic E-state index is -1.90. The highest BCUT2D eigenvalue weighted by atomic mass is 28.4. The lowest BCUT2D eigenvalue weighted by Crippen LogP contribution is -2.55. The van der Waals surface area contributed by atoms with Gasteiger partial charge in [-0.2, -0.15) is 0 Å². The van der Waals surface area contributed by atoms with Crippen LogP contribution in [0.15, 0.2) is 24.3 Å². The molecular formula is C36H56N4O6Si. The van der Waals surface area contributed by atoms with Crippen molar-refractivity contribution < 1.29 is 28.2 Å². The van der Waals surface area contributed by atoms with Gasteiger partial charge in [-0.1, -0.05) is 27.7 Å². The summed E-state index contributed by atoms with van der Waals surface area (Å²) in [5, 5.41) is 0.115. The Balaban J connectivity index is 1.22. The number of nitrogens with two attached hydrogens (primary N) is 2. The molecule has 2 fully saturated rings. The maximum atomic E-state index is 13.4. The highest BCUT2D eigenvalue weighted by Crippen LogP contribution is 2.38. The summed E-state index contributed by atoms with van der Waals surface area (Å²) >= 11 is 0. The summed E-state index contributed by atoms with van der Waals surface area (Å²) in [4.78, 5) is 30.1. The summed E-state index contributed by atoms with van der Waals surface area (Å²) in [6.07, 6.45) is 5.46. The lowest BCUT2D eigenvalue weighted by Gasteiger charge is -2.44. The van der Waals surface area contributed by atoms with Crippen molar-refractivity contribution >= 4 is 31.5 Å². The smallest absolute Gasteiger partial charge is 0.256 e. The number of unbranched alkanes of at least 4 members (excludes halogenated alkanes) is 2. The van der Waals surface area contributed by atoms with Gasteiger partial charge in [-0.05, 0) is 81.3 Å². The van der Waals surface area contributed by atoms with Gasteiger partial charge in [-0.3, -0.25) is 9.59 Å². The third-order valence-electron chi connectivity index (χ3n) is 10.2. The van der Waals surface area contributed by atoms with Gasteiger partial charge in [0.2, 0.25) is 0 Å². The van der Waals surface area contributed by atoms with E-state index in [9.17, 15) is 9.59 Å². The highest BCUT2D eigenvalue weighted by molar-refractivity contribution is 6.74. The maximum Gasteiger partial charge on any atom is 0.256 e. The van der Waals surface area contributed by atoms with Gasteiger partial charge < -0.3 is 39.9 Å². The fourth-order valence-electron chi connectivity index (χ4n) is 5.67. The van der Waals surface area contributed by atoms with Gasteiger partial charge in [0.05, 0.1) is 44.1 Å². The third-order valence-corrected chi connectivity index (χ3v) is 14.7. The number of hydrogen-bond acceptors (Lipinski definition) is 8. The van der Waals surface area contributed by atoms with Gasteiger partial charge in [-0.15, -0.1) is 0 Å². The highest BCUT2D eigenvalue weighted by Gasteiger charge is 2.40. The van der Waals surface area contributed by atoms with E-state index < -0.39 is 8.32 Å². The summed E-state index contributed by atoms with van der Waals surface area (Å²) in [6, 6.07) is 7.34. The van der Waals surface area contributed by atoms with Gasteiger partial charge in [0.25, 0.3) is 11.8 Å². The number of nitrogens with zero attached hydrogens (tertiary/aromatic N) is 2. The number of ether oxygens (including phenoxy) is 3. The summed E-state index contributed by atoms with van der Waals surface area (Å²) < 4.78 is 24.0. The van der Waals surface area contributed by atoms with Gasteiger partial charge >= 0.3 is 0 Å². The molecule has 2 atom stereocenters. The summed E-state index contributed by atoms with van der Waals surface area (Å²) in [6.45, 7) is 18.2. The van der Waals surface area contributed by atoms with Crippen LogP contribution in [-0.4, -0.2) is 82.0 Å². The third kappa shape index (κ3) is 8.35. The van der Waals surface area contributed by atoms with E-state index in [1.54, 1.807) is 25.3 Å². The molecule has 47 heavy (non-hydrogen) atoms. The number of carbonyl (C=O) groups is 2. The van der Waals surface area contributed by atoms with E-state index in [0.717, 1.165) is 50.6 Å². The Bertz CT molecular complexity index is 1420. The zero-order valence-electron chi connectivity index (χ0n) is 29.7. The quantitative estimate of drug-likeness (QED) is 0.123. The second-order valence-electron chi connectivity index (χ2n) is 14.4. The van der Waals surface area contributed by atoms with Crippen molar-refractivity contribution in [3.63, 3.8) is 0 Å². The number of nitrogen functional groups attached to an aromatic ring is 2. The molecule has 4 rings (SSSR count). The zero-order chi connectivity index (χ0) is 34.5.